The Balaban J connectivity index is 2.51. The fourth-order valence-electron chi connectivity index (χ4n) is 3.36. The third-order valence-electron chi connectivity index (χ3n) is 4.82. The van der Waals surface area contributed by atoms with Crippen LogP contribution in [-0.4, -0.2) is 32.6 Å². The summed E-state index contributed by atoms with van der Waals surface area (Å²) in [6.45, 7) is 8.09. The smallest absolute Gasteiger partial charge is 0.264 e. The summed E-state index contributed by atoms with van der Waals surface area (Å²) in [5.41, 5.74) is 0. The van der Waals surface area contributed by atoms with E-state index in [1.54, 1.807) is 6.92 Å². The summed E-state index contributed by atoms with van der Waals surface area (Å²) in [5, 5.41) is 11.7. The predicted octanol–water partition coefficient (Wildman–Crippen LogP) is 3.83. The third-order valence-corrected chi connectivity index (χ3v) is 9.83. The van der Waals surface area contributed by atoms with Crippen LogP contribution in [0.2, 0.25) is 5.04 Å². The van der Waals surface area contributed by atoms with E-state index in [-0.39, 0.29) is 11.6 Å². The Morgan fingerprint density at radius 1 is 0.923 bits per heavy atom. The average molecular weight is 379 g/mol. The van der Waals surface area contributed by atoms with Crippen molar-refractivity contribution < 1.29 is 18.3 Å². The van der Waals surface area contributed by atoms with E-state index in [0.717, 1.165) is 10.4 Å². The van der Waals surface area contributed by atoms with Crippen molar-refractivity contribution in [1.29, 1.82) is 0 Å². The lowest BCUT2D eigenvalue weighted by atomic mass is 10.1. The molecule has 2 aromatic carbocycles. The number of aliphatic hydroxyl groups is 1. The summed E-state index contributed by atoms with van der Waals surface area (Å²) >= 11 is 0. The number of rotatable bonds is 7. The number of alkyl halides is 2. The molecule has 142 valence electrons. The zero-order chi connectivity index (χ0) is 19.4. The molecule has 0 bridgehead atoms. The van der Waals surface area contributed by atoms with Crippen molar-refractivity contribution in [1.82, 2.24) is 0 Å². The van der Waals surface area contributed by atoms with E-state index in [2.05, 4.69) is 45.0 Å². The van der Waals surface area contributed by atoms with E-state index in [9.17, 15) is 13.9 Å². The van der Waals surface area contributed by atoms with Gasteiger partial charge >= 0.3 is 0 Å². The number of benzene rings is 2. The van der Waals surface area contributed by atoms with Crippen LogP contribution < -0.4 is 10.4 Å². The van der Waals surface area contributed by atoms with Gasteiger partial charge < -0.3 is 9.53 Å². The van der Waals surface area contributed by atoms with Crippen molar-refractivity contribution in [2.45, 2.75) is 45.3 Å². The zero-order valence-electron chi connectivity index (χ0n) is 15.8. The van der Waals surface area contributed by atoms with E-state index in [4.69, 9.17) is 4.43 Å². The SMILES string of the molecule is CC(CO[Si](c1ccccc1)(c1ccccc1)C(C)(C)C)C(O)C(F)F. The Kier molecular flexibility index (Phi) is 6.72. The molecule has 0 aromatic heterocycles. The van der Waals surface area contributed by atoms with Crippen molar-refractivity contribution in [2.24, 2.45) is 5.92 Å². The van der Waals surface area contributed by atoms with Gasteiger partial charge in [-0.3, -0.25) is 0 Å². The second-order valence-electron chi connectivity index (χ2n) is 7.78. The van der Waals surface area contributed by atoms with E-state index >= 15 is 0 Å². The molecule has 2 rings (SSSR count). The molecular formula is C21H28F2O2Si. The maximum absolute atomic E-state index is 12.9. The fraction of sp³-hybridized carbons (Fsp3) is 0.429. The molecule has 26 heavy (non-hydrogen) atoms. The molecule has 0 aliphatic heterocycles. The van der Waals surface area contributed by atoms with Crippen molar-refractivity contribution in [3.05, 3.63) is 60.7 Å². The lowest BCUT2D eigenvalue weighted by molar-refractivity contribution is -0.0446. The Hall–Kier alpha value is -1.56. The minimum atomic E-state index is -2.77. The molecule has 1 N–H and O–H groups in total. The molecule has 0 fully saturated rings. The molecule has 5 heteroatoms. The van der Waals surface area contributed by atoms with Crippen LogP contribution in [0, 0.1) is 5.92 Å². The number of halogens is 2. The molecule has 0 saturated carbocycles. The van der Waals surface area contributed by atoms with Gasteiger partial charge in [-0.1, -0.05) is 88.4 Å². The second kappa shape index (κ2) is 8.42. The Morgan fingerprint density at radius 3 is 1.69 bits per heavy atom. The molecule has 2 unspecified atom stereocenters. The van der Waals surface area contributed by atoms with Gasteiger partial charge in [0.25, 0.3) is 14.7 Å². The molecule has 0 spiro atoms. The summed E-state index contributed by atoms with van der Waals surface area (Å²) in [6.07, 6.45) is -4.46. The lowest BCUT2D eigenvalue weighted by Gasteiger charge is -2.43. The van der Waals surface area contributed by atoms with Crippen LogP contribution in [-0.2, 0) is 4.43 Å². The van der Waals surface area contributed by atoms with Crippen LogP contribution in [0.1, 0.15) is 27.7 Å². The van der Waals surface area contributed by atoms with Gasteiger partial charge in [0, 0.05) is 12.5 Å². The van der Waals surface area contributed by atoms with Crippen molar-refractivity contribution in [3.8, 4) is 0 Å². The first-order valence-electron chi connectivity index (χ1n) is 8.91. The van der Waals surface area contributed by atoms with Gasteiger partial charge in [-0.15, -0.1) is 0 Å². The highest BCUT2D eigenvalue weighted by Gasteiger charge is 2.50. The van der Waals surface area contributed by atoms with Gasteiger partial charge in [0.2, 0.25) is 0 Å². The molecule has 0 saturated heterocycles. The van der Waals surface area contributed by atoms with Crippen LogP contribution in [0.15, 0.2) is 60.7 Å². The highest BCUT2D eigenvalue weighted by molar-refractivity contribution is 6.99. The Morgan fingerprint density at radius 2 is 1.35 bits per heavy atom. The third kappa shape index (κ3) is 4.22. The highest BCUT2D eigenvalue weighted by atomic mass is 28.4. The number of hydrogen-bond donors (Lipinski definition) is 1. The quantitative estimate of drug-likeness (QED) is 0.742. The van der Waals surface area contributed by atoms with Crippen molar-refractivity contribution in [2.75, 3.05) is 6.61 Å². The average Bonchev–Trinajstić information content (AvgIpc) is 2.62. The number of aliphatic hydroxyl groups excluding tert-OH is 1. The van der Waals surface area contributed by atoms with Gasteiger partial charge in [-0.2, -0.15) is 0 Å². The molecule has 0 radical (unpaired) electrons. The molecule has 2 atom stereocenters. The van der Waals surface area contributed by atoms with Crippen LogP contribution >= 0.6 is 0 Å². The molecule has 2 aromatic rings. The first-order chi connectivity index (χ1) is 12.2. The normalized spacial score (nSPS) is 15.1. The van der Waals surface area contributed by atoms with E-state index in [1.807, 2.05) is 36.4 Å². The van der Waals surface area contributed by atoms with Gasteiger partial charge in [-0.05, 0) is 15.4 Å². The zero-order valence-corrected chi connectivity index (χ0v) is 16.8. The maximum atomic E-state index is 12.9. The minimum absolute atomic E-state index is 0.0821. The van der Waals surface area contributed by atoms with E-state index < -0.39 is 26.8 Å². The maximum Gasteiger partial charge on any atom is 0.264 e. The minimum Gasteiger partial charge on any atom is -0.407 e. The van der Waals surface area contributed by atoms with Crippen molar-refractivity contribution in [3.63, 3.8) is 0 Å². The van der Waals surface area contributed by atoms with Gasteiger partial charge in [-0.25, -0.2) is 8.78 Å². The summed E-state index contributed by atoms with van der Waals surface area (Å²) in [5.74, 6) is -0.656. The molecule has 0 amide bonds. The first kappa shape index (κ1) is 20.7. The van der Waals surface area contributed by atoms with Crippen LogP contribution in [0.5, 0.6) is 0 Å². The van der Waals surface area contributed by atoms with E-state index in [1.165, 1.54) is 0 Å². The molecule has 2 nitrogen and oxygen atoms in total. The molecule has 0 aliphatic carbocycles. The predicted molar refractivity (Wildman–Crippen MR) is 105 cm³/mol. The lowest BCUT2D eigenvalue weighted by Crippen LogP contribution is -2.67. The van der Waals surface area contributed by atoms with E-state index in [0.29, 0.717) is 0 Å². The second-order valence-corrected chi connectivity index (χ2v) is 12.1. The largest absolute Gasteiger partial charge is 0.407 e. The standard InChI is InChI=1S/C21H28F2O2Si/c1-16(19(24)20(22)23)15-25-26(21(2,3)4,17-11-7-5-8-12-17)18-13-9-6-10-14-18/h5-14,16,19-20,24H,15H2,1-4H3. The first-order valence-corrected chi connectivity index (χ1v) is 10.8. The van der Waals surface area contributed by atoms with Gasteiger partial charge in [0.1, 0.15) is 6.10 Å². The Bertz CT molecular complexity index is 632. The van der Waals surface area contributed by atoms with Gasteiger partial charge in [0.05, 0.1) is 0 Å². The Labute approximate surface area is 156 Å². The fourth-order valence-corrected chi connectivity index (χ4v) is 8.03. The molecule has 0 heterocycles. The summed E-state index contributed by atoms with van der Waals surface area (Å²) in [4.78, 5) is 0. The summed E-state index contributed by atoms with van der Waals surface area (Å²) in [7, 11) is -2.75. The highest BCUT2D eigenvalue weighted by Crippen LogP contribution is 2.37. The number of hydrogen-bond acceptors (Lipinski definition) is 2. The molecular weight excluding hydrogens is 350 g/mol. The summed E-state index contributed by atoms with van der Waals surface area (Å²) in [6, 6.07) is 20.0. The van der Waals surface area contributed by atoms with Crippen LogP contribution in [0.25, 0.3) is 0 Å². The summed E-state index contributed by atoms with van der Waals surface area (Å²) < 4.78 is 32.3. The molecule has 0 aliphatic rings. The topological polar surface area (TPSA) is 29.5 Å². The van der Waals surface area contributed by atoms with Crippen molar-refractivity contribution >= 4 is 18.7 Å². The van der Waals surface area contributed by atoms with Crippen LogP contribution in [0.4, 0.5) is 8.78 Å². The monoisotopic (exact) mass is 378 g/mol. The van der Waals surface area contributed by atoms with Gasteiger partial charge in [0.15, 0.2) is 0 Å². The van der Waals surface area contributed by atoms with Crippen LogP contribution in [0.3, 0.4) is 0 Å².